The van der Waals surface area contributed by atoms with Gasteiger partial charge in [0.1, 0.15) is 34.7 Å². The van der Waals surface area contributed by atoms with Gasteiger partial charge in [0, 0.05) is 33.7 Å². The molecule has 2 amide bonds. The summed E-state index contributed by atoms with van der Waals surface area (Å²) < 4.78 is 1.18. The maximum absolute atomic E-state index is 13.4. The van der Waals surface area contributed by atoms with Gasteiger partial charge >= 0.3 is 88.7 Å². The number of nitrogens with zero attached hydrogens (tertiary/aromatic N) is 7. The number of thioether (sulfide) groups is 2. The number of aromatic hydroxyl groups is 2. The number of aromatic carboxylic acids is 2. The van der Waals surface area contributed by atoms with Gasteiger partial charge < -0.3 is 55.8 Å². The second-order valence-corrected chi connectivity index (χ2v) is 13.6. The number of aliphatic carboxylic acids is 1. The molecule has 1 fully saturated rings. The second kappa shape index (κ2) is 18.8. The molecule has 4 aromatic rings. The number of thiazole rings is 1. The van der Waals surface area contributed by atoms with Crippen LogP contribution in [0.25, 0.3) is 5.78 Å². The largest absolute Gasteiger partial charge is 1.00 e. The van der Waals surface area contributed by atoms with E-state index in [2.05, 4.69) is 30.5 Å². The molecule has 6 rings (SSSR count). The van der Waals surface area contributed by atoms with Gasteiger partial charge in [-0.25, -0.2) is 9.97 Å². The minimum absolute atomic E-state index is 0. The van der Waals surface area contributed by atoms with Gasteiger partial charge in [-0.1, -0.05) is 5.16 Å². The van der Waals surface area contributed by atoms with E-state index in [0.29, 0.717) is 16.3 Å². The topological polar surface area (TPSA) is 314 Å². The first-order chi connectivity index (χ1) is 24.2. The van der Waals surface area contributed by atoms with E-state index in [1.165, 1.54) is 21.7 Å². The van der Waals surface area contributed by atoms with E-state index in [0.717, 1.165) is 40.1 Å². The van der Waals surface area contributed by atoms with Gasteiger partial charge in [-0.15, -0.1) is 40.0 Å². The van der Waals surface area contributed by atoms with E-state index in [1.54, 1.807) is 13.0 Å². The molecule has 54 heavy (non-hydrogen) atoms. The van der Waals surface area contributed by atoms with E-state index in [4.69, 9.17) is 10.6 Å². The number of carboxylic acids is 3. The average molecular weight is 824 g/mol. The SMILES string of the molecule is Cc1cc(SCC2=C(C(=O)[O-])N3C(=O)[C@@H](NC(=O)/C(=N\OCc4cc(C(=O)[O-])cc(O)c4O)c4csc(N)n4)[C@H]3SC2)n2nc(C(=O)[O-])nc2n1.[Na+].[Na+].[Na+]. The molecular formula is C28H20N9Na3O11S3. The first-order valence-electron chi connectivity index (χ1n) is 14.2. The summed E-state index contributed by atoms with van der Waals surface area (Å²) in [5.41, 5.74) is 4.95. The summed E-state index contributed by atoms with van der Waals surface area (Å²) in [6.07, 6.45) is 0. The fourth-order valence-corrected chi connectivity index (χ4v) is 8.05. The molecule has 2 aliphatic heterocycles. The third-order valence-corrected chi connectivity index (χ3v) is 10.4. The summed E-state index contributed by atoms with van der Waals surface area (Å²) in [4.78, 5) is 79.8. The number of aromatic nitrogens is 5. The quantitative estimate of drug-likeness (QED) is 0.0196. The van der Waals surface area contributed by atoms with Crippen LogP contribution in [0.3, 0.4) is 0 Å². The van der Waals surface area contributed by atoms with Gasteiger partial charge in [0.05, 0.1) is 17.6 Å². The molecule has 1 saturated heterocycles. The van der Waals surface area contributed by atoms with Crippen molar-refractivity contribution in [2.45, 2.75) is 30.0 Å². The number of phenols is 2. The molecule has 26 heteroatoms. The van der Waals surface area contributed by atoms with Crippen molar-refractivity contribution < 1.29 is 143 Å². The average Bonchev–Trinajstić information content (AvgIpc) is 3.71. The van der Waals surface area contributed by atoms with Crippen LogP contribution in [0.4, 0.5) is 5.13 Å². The number of anilines is 1. The molecule has 0 saturated carbocycles. The molecule has 5 heterocycles. The van der Waals surface area contributed by atoms with Crippen LogP contribution in [0.15, 0.2) is 45.0 Å². The van der Waals surface area contributed by atoms with Crippen LogP contribution < -0.4 is 115 Å². The Morgan fingerprint density at radius 1 is 1.07 bits per heavy atom. The third-order valence-electron chi connectivity index (χ3n) is 7.27. The van der Waals surface area contributed by atoms with Crippen molar-refractivity contribution in [3.05, 3.63) is 63.2 Å². The minimum atomic E-state index is -1.64. The predicted octanol–water partition coefficient (Wildman–Crippen LogP) is -12.3. The number of nitrogen functional groups attached to an aromatic ring is 1. The molecule has 0 unspecified atom stereocenters. The summed E-state index contributed by atoms with van der Waals surface area (Å²) in [6.45, 7) is 1.03. The number of β-lactam (4-membered cyclic amide) rings is 1. The molecular weight excluding hydrogens is 804 g/mol. The van der Waals surface area contributed by atoms with Gasteiger partial charge in [-0.3, -0.25) is 14.5 Å². The number of hydrogen-bond donors (Lipinski definition) is 4. The minimum Gasteiger partial charge on any atom is -0.545 e. The number of nitrogens with one attached hydrogen (secondary N) is 1. The Hall–Kier alpha value is -2.94. The standard InChI is InChI=1S/C28H23N9O11S3.3Na/c1-9-2-15(37-28(30-9)33-20(34-37)26(46)47)49-6-12-7-50-23-17(22(41)36(23)18(12)25(44)45)32-21(40)16(13-8-51-27(29)31-13)35-48-5-11-3-10(24(42)43)4-14(38)19(11)39;;;/h2-4,8,17,23,38-39H,5-7H2,1H3,(H2,29,31)(H,32,40)(H,42,43)(H,44,45)(H,46,47);;;/q;3*+1/p-3/b35-16-;;;/t17-,23-;;;/m1.../s1. The van der Waals surface area contributed by atoms with Crippen molar-refractivity contribution in [3.63, 3.8) is 0 Å². The third kappa shape index (κ3) is 9.35. The molecule has 0 spiro atoms. The maximum Gasteiger partial charge on any atom is 1.00 e. The molecule has 264 valence electrons. The van der Waals surface area contributed by atoms with Crippen molar-refractivity contribution in [1.82, 2.24) is 34.8 Å². The normalized spacial score (nSPS) is 16.3. The van der Waals surface area contributed by atoms with E-state index >= 15 is 0 Å². The molecule has 2 atom stereocenters. The monoisotopic (exact) mass is 823 g/mol. The van der Waals surface area contributed by atoms with Crippen LogP contribution in [0.2, 0.25) is 0 Å². The number of oxime groups is 1. The Morgan fingerprint density at radius 3 is 2.43 bits per heavy atom. The molecule has 2 aliphatic rings. The zero-order valence-electron chi connectivity index (χ0n) is 28.6. The van der Waals surface area contributed by atoms with Crippen molar-refractivity contribution >= 4 is 81.2 Å². The number of aryl methyl sites for hydroxylation is 1. The van der Waals surface area contributed by atoms with Gasteiger partial charge in [0.2, 0.25) is 0 Å². The predicted molar refractivity (Wildman–Crippen MR) is 170 cm³/mol. The van der Waals surface area contributed by atoms with Crippen molar-refractivity contribution in [2.75, 3.05) is 17.2 Å². The second-order valence-electron chi connectivity index (χ2n) is 10.6. The summed E-state index contributed by atoms with van der Waals surface area (Å²) in [6, 6.07) is 2.12. The Morgan fingerprint density at radius 2 is 1.80 bits per heavy atom. The Balaban J connectivity index is 0.00000261. The van der Waals surface area contributed by atoms with Crippen molar-refractivity contribution in [2.24, 2.45) is 5.16 Å². The maximum atomic E-state index is 13.4. The number of carboxylic acid groups (broad SMARTS) is 3. The molecule has 0 bridgehead atoms. The Bertz CT molecular complexity index is 2230. The summed E-state index contributed by atoms with van der Waals surface area (Å²) in [5, 5.41) is 65.9. The number of fused-ring (bicyclic) bond motifs is 2. The Kier molecular flexibility index (Phi) is 15.8. The fraction of sp³-hybridized carbons (Fsp3) is 0.214. The van der Waals surface area contributed by atoms with Gasteiger partial charge in [-0.05, 0) is 30.7 Å². The van der Waals surface area contributed by atoms with Crippen LogP contribution in [-0.2, 0) is 25.8 Å². The van der Waals surface area contributed by atoms with Crippen LogP contribution >= 0.6 is 34.9 Å². The number of hydrogen-bond acceptors (Lipinski definition) is 20. The van der Waals surface area contributed by atoms with E-state index in [-0.39, 0.29) is 128 Å². The molecule has 1 aromatic carbocycles. The molecule has 0 radical (unpaired) electrons. The van der Waals surface area contributed by atoms with Crippen LogP contribution in [0.1, 0.15) is 37.9 Å². The van der Waals surface area contributed by atoms with E-state index in [9.17, 15) is 49.5 Å². The van der Waals surface area contributed by atoms with Gasteiger partial charge in [0.25, 0.3) is 17.6 Å². The molecule has 5 N–H and O–H groups in total. The zero-order valence-corrected chi connectivity index (χ0v) is 37.0. The number of benzene rings is 1. The van der Waals surface area contributed by atoms with Gasteiger partial charge in [-0.2, -0.15) is 9.50 Å². The van der Waals surface area contributed by atoms with Gasteiger partial charge in [0.15, 0.2) is 28.2 Å². The summed E-state index contributed by atoms with van der Waals surface area (Å²) >= 11 is 3.23. The zero-order chi connectivity index (χ0) is 36.7. The van der Waals surface area contributed by atoms with Crippen molar-refractivity contribution in [3.8, 4) is 11.5 Å². The van der Waals surface area contributed by atoms with Crippen molar-refractivity contribution in [1.29, 1.82) is 0 Å². The number of phenolic OH excluding ortho intramolecular Hbond substituents is 2. The van der Waals surface area contributed by atoms with Crippen LogP contribution in [0.5, 0.6) is 11.5 Å². The summed E-state index contributed by atoms with van der Waals surface area (Å²) in [7, 11) is 0. The molecule has 3 aromatic heterocycles. The number of nitrogens with two attached hydrogens (primary N) is 1. The van der Waals surface area contributed by atoms with Crippen LogP contribution in [0, 0.1) is 6.92 Å². The van der Waals surface area contributed by atoms with E-state index < -0.39 is 76.3 Å². The summed E-state index contributed by atoms with van der Waals surface area (Å²) in [5.74, 6) is -8.51. The first kappa shape index (κ1) is 45.4. The fourth-order valence-electron chi connectivity index (χ4n) is 4.97. The molecule has 20 nitrogen and oxygen atoms in total. The number of rotatable bonds is 12. The molecule has 0 aliphatic carbocycles. The number of carbonyl (C=O) groups is 5. The van der Waals surface area contributed by atoms with Crippen LogP contribution in [-0.4, -0.2) is 98.0 Å². The first-order valence-corrected chi connectivity index (χ1v) is 17.1. The number of amides is 2. The Labute approximate surface area is 381 Å². The number of carbonyl (C=O) groups excluding carboxylic acids is 5. The van der Waals surface area contributed by atoms with E-state index in [1.807, 2.05) is 0 Å². The smallest absolute Gasteiger partial charge is 0.545 e.